The predicted molar refractivity (Wildman–Crippen MR) is 83.9 cm³/mol. The Morgan fingerprint density at radius 2 is 1.96 bits per heavy atom. The van der Waals surface area contributed by atoms with E-state index >= 15 is 0 Å². The van der Waals surface area contributed by atoms with Gasteiger partial charge in [0.05, 0.1) is 6.61 Å². The number of nitrogens with zero attached hydrogens (tertiary/aromatic N) is 1. The standard InChI is InChI=1S/C17H23NO5/c1-16(23-3,13-7-5-4-6-8-13)14(19)18-10-9-17(11-18,12-22-2)15(20)21/h4-8H,9-12H2,1-3H3,(H,20,21). The molecule has 1 aromatic rings. The van der Waals surface area contributed by atoms with E-state index in [0.29, 0.717) is 13.0 Å². The first-order valence-electron chi connectivity index (χ1n) is 7.52. The van der Waals surface area contributed by atoms with Crippen LogP contribution in [0.15, 0.2) is 30.3 Å². The monoisotopic (exact) mass is 321 g/mol. The SMILES string of the molecule is COCC1(C(=O)O)CCN(C(=O)C(C)(OC)c2ccccc2)C1. The van der Waals surface area contributed by atoms with Gasteiger partial charge in [0.25, 0.3) is 5.91 Å². The zero-order valence-electron chi connectivity index (χ0n) is 13.7. The second-order valence-corrected chi connectivity index (χ2v) is 6.10. The summed E-state index contributed by atoms with van der Waals surface area (Å²) >= 11 is 0. The lowest BCUT2D eigenvalue weighted by Crippen LogP contribution is -2.47. The van der Waals surface area contributed by atoms with Gasteiger partial charge in [0.2, 0.25) is 0 Å². The van der Waals surface area contributed by atoms with Gasteiger partial charge in [0, 0.05) is 27.3 Å². The van der Waals surface area contributed by atoms with Gasteiger partial charge in [0.15, 0.2) is 5.60 Å². The Bertz CT molecular complexity index is 576. The molecule has 1 aliphatic heterocycles. The Hall–Kier alpha value is -1.92. The minimum absolute atomic E-state index is 0.0845. The highest BCUT2D eigenvalue weighted by Crippen LogP contribution is 2.35. The van der Waals surface area contributed by atoms with Crippen molar-refractivity contribution in [1.29, 1.82) is 0 Å². The van der Waals surface area contributed by atoms with Crippen molar-refractivity contribution in [3.05, 3.63) is 35.9 Å². The molecule has 1 saturated heterocycles. The maximum absolute atomic E-state index is 13.0. The van der Waals surface area contributed by atoms with Crippen LogP contribution in [-0.2, 0) is 24.7 Å². The fraction of sp³-hybridized carbons (Fsp3) is 0.529. The van der Waals surface area contributed by atoms with Crippen LogP contribution < -0.4 is 0 Å². The highest BCUT2D eigenvalue weighted by atomic mass is 16.5. The number of likely N-dealkylation sites (tertiary alicyclic amines) is 1. The van der Waals surface area contributed by atoms with Crippen molar-refractivity contribution in [2.45, 2.75) is 18.9 Å². The first-order chi connectivity index (χ1) is 10.9. The zero-order valence-corrected chi connectivity index (χ0v) is 13.7. The van der Waals surface area contributed by atoms with Crippen molar-refractivity contribution in [2.75, 3.05) is 33.9 Å². The Balaban J connectivity index is 2.25. The number of hydrogen-bond donors (Lipinski definition) is 1. The topological polar surface area (TPSA) is 76.1 Å². The van der Waals surface area contributed by atoms with Crippen molar-refractivity contribution in [3.63, 3.8) is 0 Å². The molecule has 1 heterocycles. The largest absolute Gasteiger partial charge is 0.481 e. The predicted octanol–water partition coefficient (Wildman–Crippen LogP) is 1.50. The third kappa shape index (κ3) is 3.09. The molecule has 0 spiro atoms. The molecule has 0 saturated carbocycles. The third-order valence-electron chi connectivity index (χ3n) is 4.66. The van der Waals surface area contributed by atoms with Crippen LogP contribution in [0.4, 0.5) is 0 Å². The molecule has 6 heteroatoms. The van der Waals surface area contributed by atoms with Gasteiger partial charge < -0.3 is 19.5 Å². The molecule has 0 aromatic heterocycles. The Kier molecular flexibility index (Phi) is 5.06. The van der Waals surface area contributed by atoms with E-state index in [1.165, 1.54) is 14.2 Å². The average Bonchev–Trinajstić information content (AvgIpc) is 3.00. The number of carboxylic acids is 1. The molecule has 2 unspecified atom stereocenters. The minimum atomic E-state index is -1.14. The van der Waals surface area contributed by atoms with Crippen LogP contribution in [0.2, 0.25) is 0 Å². The fourth-order valence-electron chi connectivity index (χ4n) is 3.06. The van der Waals surface area contributed by atoms with Crippen LogP contribution in [0.5, 0.6) is 0 Å². The first kappa shape index (κ1) is 17.4. The summed E-state index contributed by atoms with van der Waals surface area (Å²) in [5.41, 5.74) is -1.44. The number of methoxy groups -OCH3 is 2. The highest BCUT2D eigenvalue weighted by molar-refractivity contribution is 5.88. The van der Waals surface area contributed by atoms with Gasteiger partial charge in [-0.15, -0.1) is 0 Å². The lowest BCUT2D eigenvalue weighted by Gasteiger charge is -2.32. The summed E-state index contributed by atoms with van der Waals surface area (Å²) in [4.78, 5) is 26.2. The van der Waals surface area contributed by atoms with Crippen LogP contribution >= 0.6 is 0 Å². The van der Waals surface area contributed by atoms with Crippen molar-refractivity contribution >= 4 is 11.9 Å². The van der Waals surface area contributed by atoms with Crippen molar-refractivity contribution in [2.24, 2.45) is 5.41 Å². The lowest BCUT2D eigenvalue weighted by atomic mass is 9.88. The third-order valence-corrected chi connectivity index (χ3v) is 4.66. The molecule has 1 fully saturated rings. The van der Waals surface area contributed by atoms with E-state index in [1.807, 2.05) is 30.3 Å². The maximum Gasteiger partial charge on any atom is 0.313 e. The molecule has 0 bridgehead atoms. The average molecular weight is 321 g/mol. The van der Waals surface area contributed by atoms with Crippen LogP contribution in [0.25, 0.3) is 0 Å². The van der Waals surface area contributed by atoms with Gasteiger partial charge in [-0.1, -0.05) is 30.3 Å². The second-order valence-electron chi connectivity index (χ2n) is 6.10. The molecule has 6 nitrogen and oxygen atoms in total. The summed E-state index contributed by atoms with van der Waals surface area (Å²) in [6.07, 6.45) is 0.372. The number of carboxylic acid groups (broad SMARTS) is 1. The van der Waals surface area contributed by atoms with Crippen LogP contribution in [0.1, 0.15) is 18.9 Å². The van der Waals surface area contributed by atoms with E-state index in [9.17, 15) is 14.7 Å². The summed E-state index contributed by atoms with van der Waals surface area (Å²) < 4.78 is 10.6. The Labute approximate surface area is 136 Å². The van der Waals surface area contributed by atoms with Gasteiger partial charge in [-0.3, -0.25) is 9.59 Å². The summed E-state index contributed by atoms with van der Waals surface area (Å²) in [7, 11) is 2.96. The first-order valence-corrected chi connectivity index (χ1v) is 7.52. The van der Waals surface area contributed by atoms with E-state index in [-0.39, 0.29) is 19.1 Å². The van der Waals surface area contributed by atoms with E-state index in [0.717, 1.165) is 5.56 Å². The molecule has 1 aromatic carbocycles. The number of amides is 1. The highest BCUT2D eigenvalue weighted by Gasteiger charge is 2.49. The van der Waals surface area contributed by atoms with Crippen molar-refractivity contribution in [1.82, 2.24) is 4.90 Å². The maximum atomic E-state index is 13.0. The van der Waals surface area contributed by atoms with E-state index in [4.69, 9.17) is 9.47 Å². The van der Waals surface area contributed by atoms with Crippen LogP contribution in [0, 0.1) is 5.41 Å². The molecule has 0 radical (unpaired) electrons. The molecule has 2 rings (SSSR count). The molecule has 23 heavy (non-hydrogen) atoms. The van der Waals surface area contributed by atoms with E-state index in [1.54, 1.807) is 11.8 Å². The number of aliphatic carboxylic acids is 1. The molecule has 126 valence electrons. The van der Waals surface area contributed by atoms with E-state index < -0.39 is 17.0 Å². The number of carbonyl (C=O) groups is 2. The van der Waals surface area contributed by atoms with Gasteiger partial charge in [-0.05, 0) is 18.9 Å². The summed E-state index contributed by atoms with van der Waals surface area (Å²) in [5.74, 6) is -1.17. The second kappa shape index (κ2) is 6.68. The van der Waals surface area contributed by atoms with Gasteiger partial charge in [0.1, 0.15) is 5.41 Å². The van der Waals surface area contributed by atoms with Crippen LogP contribution in [-0.4, -0.2) is 55.8 Å². The molecule has 2 atom stereocenters. The number of ether oxygens (including phenoxy) is 2. The lowest BCUT2D eigenvalue weighted by molar-refractivity contribution is -0.156. The molecular weight excluding hydrogens is 298 g/mol. The van der Waals surface area contributed by atoms with Gasteiger partial charge >= 0.3 is 5.97 Å². The Morgan fingerprint density at radius 1 is 1.30 bits per heavy atom. The molecule has 1 aliphatic rings. The number of hydrogen-bond acceptors (Lipinski definition) is 4. The summed E-state index contributed by atoms with van der Waals surface area (Å²) in [5, 5.41) is 9.52. The summed E-state index contributed by atoms with van der Waals surface area (Å²) in [6.45, 7) is 2.30. The molecular formula is C17H23NO5. The molecule has 1 amide bonds. The quantitative estimate of drug-likeness (QED) is 0.859. The summed E-state index contributed by atoms with van der Waals surface area (Å²) in [6, 6.07) is 9.22. The van der Waals surface area contributed by atoms with Crippen LogP contribution in [0.3, 0.4) is 0 Å². The number of rotatable bonds is 6. The Morgan fingerprint density at radius 3 is 2.48 bits per heavy atom. The van der Waals surface area contributed by atoms with Gasteiger partial charge in [-0.2, -0.15) is 0 Å². The fourth-order valence-corrected chi connectivity index (χ4v) is 3.06. The smallest absolute Gasteiger partial charge is 0.313 e. The van der Waals surface area contributed by atoms with Crippen molar-refractivity contribution in [3.8, 4) is 0 Å². The zero-order chi connectivity index (χ0) is 17.1. The van der Waals surface area contributed by atoms with E-state index in [2.05, 4.69) is 0 Å². The number of benzene rings is 1. The minimum Gasteiger partial charge on any atom is -0.481 e. The van der Waals surface area contributed by atoms with Crippen molar-refractivity contribution < 1.29 is 24.2 Å². The molecule has 1 N–H and O–H groups in total. The number of carbonyl (C=O) groups excluding carboxylic acids is 1. The normalized spacial score (nSPS) is 23.5. The van der Waals surface area contributed by atoms with Gasteiger partial charge in [-0.25, -0.2) is 0 Å². The molecule has 0 aliphatic carbocycles.